The summed E-state index contributed by atoms with van der Waals surface area (Å²) in [5.41, 5.74) is 1.48. The molecule has 0 atom stereocenters. The van der Waals surface area contributed by atoms with Crippen LogP contribution in [0.1, 0.15) is 39.5 Å². The first kappa shape index (κ1) is 24.0. The molecule has 0 radical (unpaired) electrons. The Balaban J connectivity index is 1.83. The van der Waals surface area contributed by atoms with Gasteiger partial charge in [-0.2, -0.15) is 0 Å². The van der Waals surface area contributed by atoms with Gasteiger partial charge in [-0.05, 0) is 42.7 Å². The minimum absolute atomic E-state index is 0.0133. The van der Waals surface area contributed by atoms with Crippen LogP contribution in [0.25, 0.3) is 0 Å². The number of halogens is 1. The van der Waals surface area contributed by atoms with E-state index in [-0.39, 0.29) is 24.3 Å². The zero-order valence-electron chi connectivity index (χ0n) is 18.8. The molecule has 0 aliphatic heterocycles. The van der Waals surface area contributed by atoms with Crippen LogP contribution in [-0.2, 0) is 17.9 Å². The molecule has 168 valence electrons. The average Bonchev–Trinajstić information content (AvgIpc) is 3.17. The van der Waals surface area contributed by atoms with Gasteiger partial charge in [0.15, 0.2) is 0 Å². The Morgan fingerprint density at radius 2 is 1.59 bits per heavy atom. The summed E-state index contributed by atoms with van der Waals surface area (Å²) in [5.74, 6) is -0.0815. The topological polar surface area (TPSA) is 40.6 Å². The monoisotopic (exact) mass is 468 g/mol. The third kappa shape index (κ3) is 6.68. The first-order valence-corrected chi connectivity index (χ1v) is 11.9. The van der Waals surface area contributed by atoms with Gasteiger partial charge in [-0.15, -0.1) is 11.3 Å². The standard InChI is InChI=1S/C26H29ClN2O2S/c1-19(2)15-29(26(31)23-11-7-8-12-24(23)27)18-25(30)28(16-21-9-5-4-6-10-21)17-22-14-13-20(3)32-22/h4-14,19H,15-18H2,1-3H3. The molecule has 0 bridgehead atoms. The van der Waals surface area contributed by atoms with Gasteiger partial charge in [0.25, 0.3) is 5.91 Å². The molecule has 2 amide bonds. The Bertz CT molecular complexity index is 1050. The molecule has 32 heavy (non-hydrogen) atoms. The summed E-state index contributed by atoms with van der Waals surface area (Å²) in [6.45, 7) is 7.63. The molecule has 6 heteroatoms. The van der Waals surface area contributed by atoms with E-state index in [4.69, 9.17) is 11.6 Å². The maximum atomic E-state index is 13.5. The number of carbonyl (C=O) groups is 2. The van der Waals surface area contributed by atoms with Crippen LogP contribution in [0.3, 0.4) is 0 Å². The maximum absolute atomic E-state index is 13.5. The number of benzene rings is 2. The normalized spacial score (nSPS) is 10.9. The van der Waals surface area contributed by atoms with Gasteiger partial charge >= 0.3 is 0 Å². The Morgan fingerprint density at radius 1 is 0.906 bits per heavy atom. The van der Waals surface area contributed by atoms with E-state index in [2.05, 4.69) is 19.1 Å². The lowest BCUT2D eigenvalue weighted by atomic mass is 10.1. The minimum Gasteiger partial charge on any atom is -0.332 e. The van der Waals surface area contributed by atoms with Crippen molar-refractivity contribution in [3.63, 3.8) is 0 Å². The third-order valence-corrected chi connectivity index (χ3v) is 6.33. The van der Waals surface area contributed by atoms with Crippen LogP contribution in [-0.4, -0.2) is 34.7 Å². The van der Waals surface area contributed by atoms with E-state index < -0.39 is 0 Å². The van der Waals surface area contributed by atoms with E-state index in [1.807, 2.05) is 49.1 Å². The Hall–Kier alpha value is -2.63. The van der Waals surface area contributed by atoms with Crippen molar-refractivity contribution in [3.05, 3.63) is 92.6 Å². The fourth-order valence-electron chi connectivity index (χ4n) is 3.52. The number of amides is 2. The lowest BCUT2D eigenvalue weighted by molar-refractivity contribution is -0.133. The fraction of sp³-hybridized carbons (Fsp3) is 0.308. The molecule has 0 aliphatic rings. The molecule has 0 N–H and O–H groups in total. The molecule has 0 saturated heterocycles. The zero-order chi connectivity index (χ0) is 23.1. The number of rotatable bonds is 9. The van der Waals surface area contributed by atoms with Crippen molar-refractivity contribution in [3.8, 4) is 0 Å². The second kappa shape index (κ2) is 11.3. The summed E-state index contributed by atoms with van der Waals surface area (Å²) >= 11 is 7.96. The number of thiophene rings is 1. The Morgan fingerprint density at radius 3 is 2.22 bits per heavy atom. The van der Waals surface area contributed by atoms with E-state index in [1.165, 1.54) is 4.88 Å². The average molecular weight is 469 g/mol. The summed E-state index contributed by atoms with van der Waals surface area (Å²) < 4.78 is 0. The fourth-order valence-corrected chi connectivity index (χ4v) is 4.65. The minimum atomic E-state index is -0.218. The number of hydrogen-bond acceptors (Lipinski definition) is 3. The van der Waals surface area contributed by atoms with Gasteiger partial charge in [-0.3, -0.25) is 9.59 Å². The highest BCUT2D eigenvalue weighted by Gasteiger charge is 2.25. The first-order valence-electron chi connectivity index (χ1n) is 10.7. The first-order chi connectivity index (χ1) is 15.3. The highest BCUT2D eigenvalue weighted by molar-refractivity contribution is 7.11. The van der Waals surface area contributed by atoms with Crippen LogP contribution in [0.5, 0.6) is 0 Å². The molecule has 0 saturated carbocycles. The molecule has 0 fully saturated rings. The zero-order valence-corrected chi connectivity index (χ0v) is 20.3. The number of nitrogens with zero attached hydrogens (tertiary/aromatic N) is 2. The maximum Gasteiger partial charge on any atom is 0.255 e. The van der Waals surface area contributed by atoms with E-state index in [9.17, 15) is 9.59 Å². The van der Waals surface area contributed by atoms with E-state index >= 15 is 0 Å². The molecule has 0 spiro atoms. The van der Waals surface area contributed by atoms with Crippen molar-refractivity contribution in [1.29, 1.82) is 0 Å². The van der Waals surface area contributed by atoms with Gasteiger partial charge in [-0.25, -0.2) is 0 Å². The van der Waals surface area contributed by atoms with Crippen LogP contribution in [0, 0.1) is 12.8 Å². The van der Waals surface area contributed by atoms with Gasteiger partial charge in [0.1, 0.15) is 6.54 Å². The van der Waals surface area contributed by atoms with Crippen molar-refractivity contribution >= 4 is 34.8 Å². The number of aryl methyl sites for hydroxylation is 1. The molecule has 4 nitrogen and oxygen atoms in total. The van der Waals surface area contributed by atoms with Gasteiger partial charge < -0.3 is 9.80 Å². The lowest BCUT2D eigenvalue weighted by Gasteiger charge is -2.29. The molecular formula is C26H29ClN2O2S. The van der Waals surface area contributed by atoms with Crippen LogP contribution < -0.4 is 0 Å². The van der Waals surface area contributed by atoms with Gasteiger partial charge in [-0.1, -0.05) is 67.9 Å². The van der Waals surface area contributed by atoms with Crippen LogP contribution in [0.15, 0.2) is 66.7 Å². The van der Waals surface area contributed by atoms with Crippen LogP contribution >= 0.6 is 22.9 Å². The molecule has 3 rings (SSSR count). The highest BCUT2D eigenvalue weighted by atomic mass is 35.5. The summed E-state index contributed by atoms with van der Waals surface area (Å²) in [6, 6.07) is 21.1. The van der Waals surface area contributed by atoms with Crippen LogP contribution in [0.4, 0.5) is 0 Å². The van der Waals surface area contributed by atoms with Crippen molar-refractivity contribution in [2.24, 2.45) is 5.92 Å². The molecule has 1 heterocycles. The summed E-state index contributed by atoms with van der Waals surface area (Å²) in [5, 5.41) is 0.397. The number of carbonyl (C=O) groups excluding carboxylic acids is 2. The van der Waals surface area contributed by atoms with Crippen molar-refractivity contribution in [2.75, 3.05) is 13.1 Å². The second-order valence-corrected chi connectivity index (χ2v) is 10.1. The summed E-state index contributed by atoms with van der Waals surface area (Å²) in [6.07, 6.45) is 0. The predicted molar refractivity (Wildman–Crippen MR) is 132 cm³/mol. The third-order valence-electron chi connectivity index (χ3n) is 5.01. The van der Waals surface area contributed by atoms with Gasteiger partial charge in [0.05, 0.1) is 17.1 Å². The smallest absolute Gasteiger partial charge is 0.255 e. The molecule has 0 aliphatic carbocycles. The molecular weight excluding hydrogens is 440 g/mol. The molecule has 3 aromatic rings. The summed E-state index contributed by atoms with van der Waals surface area (Å²) in [7, 11) is 0. The van der Waals surface area contributed by atoms with Crippen LogP contribution in [0.2, 0.25) is 5.02 Å². The highest BCUT2D eigenvalue weighted by Crippen LogP contribution is 2.21. The molecule has 1 aromatic heterocycles. The molecule has 0 unspecified atom stereocenters. The number of hydrogen-bond donors (Lipinski definition) is 0. The quantitative estimate of drug-likeness (QED) is 0.384. The van der Waals surface area contributed by atoms with Crippen molar-refractivity contribution in [2.45, 2.75) is 33.9 Å². The lowest BCUT2D eigenvalue weighted by Crippen LogP contribution is -2.43. The van der Waals surface area contributed by atoms with E-state index in [0.29, 0.717) is 30.2 Å². The van der Waals surface area contributed by atoms with Gasteiger partial charge in [0, 0.05) is 22.8 Å². The van der Waals surface area contributed by atoms with Crippen molar-refractivity contribution < 1.29 is 9.59 Å². The SMILES string of the molecule is Cc1ccc(CN(Cc2ccccc2)C(=O)CN(CC(C)C)C(=O)c2ccccc2Cl)s1. The van der Waals surface area contributed by atoms with Gasteiger partial charge in [0.2, 0.25) is 5.91 Å². The second-order valence-electron chi connectivity index (χ2n) is 8.31. The Kier molecular flexibility index (Phi) is 8.48. The largest absolute Gasteiger partial charge is 0.332 e. The van der Waals surface area contributed by atoms with E-state index in [0.717, 1.165) is 10.4 Å². The molecule has 2 aromatic carbocycles. The predicted octanol–water partition coefficient (Wildman–Crippen LogP) is 6.04. The summed E-state index contributed by atoms with van der Waals surface area (Å²) in [4.78, 5) is 32.5. The van der Waals surface area contributed by atoms with E-state index in [1.54, 1.807) is 40.5 Å². The Labute approximate surface area is 199 Å². The van der Waals surface area contributed by atoms with Crippen molar-refractivity contribution in [1.82, 2.24) is 9.80 Å².